The van der Waals surface area contributed by atoms with Gasteiger partial charge in [0.05, 0.1) is 0 Å². The van der Waals surface area contributed by atoms with E-state index in [0.717, 1.165) is 106 Å². The Bertz CT molecular complexity index is 4270. The highest BCUT2D eigenvalue weighted by Crippen LogP contribution is 2.40. The van der Waals surface area contributed by atoms with Crippen molar-refractivity contribution in [3.05, 3.63) is 287 Å². The van der Waals surface area contributed by atoms with Crippen molar-refractivity contribution < 1.29 is 76.8 Å². The second kappa shape index (κ2) is 41.5. The molecular weight excluding hydrogens is 1460 g/mol. The van der Waals surface area contributed by atoms with Gasteiger partial charge in [-0.2, -0.15) is 0 Å². The van der Waals surface area contributed by atoms with E-state index in [0.29, 0.717) is 33.4 Å². The molecule has 0 amide bonds. The van der Waals surface area contributed by atoms with Crippen LogP contribution in [-0.4, -0.2) is 67.7 Å². The summed E-state index contributed by atoms with van der Waals surface area (Å²) in [5, 5.41) is 18.7. The number of phenols is 2. The van der Waals surface area contributed by atoms with Gasteiger partial charge in [0, 0.05) is 22.3 Å². The lowest BCUT2D eigenvalue weighted by Crippen LogP contribution is -2.34. The minimum Gasteiger partial charge on any atom is -0.508 e. The first-order valence-corrected chi connectivity index (χ1v) is 40.3. The molecule has 0 aliphatic heterocycles. The number of phenolic OH excluding ortho intramolecular Hbond substituents is 2. The Balaban J connectivity index is 0.000000217. The third-order valence-electron chi connectivity index (χ3n) is 19.7. The molecule has 0 radical (unpaired) electrons. The fraction of sp³-hybridized carbons (Fsp3) is 0.400. The van der Waals surface area contributed by atoms with Crippen LogP contribution in [-0.2, 0) is 38.1 Å². The molecule has 2 fully saturated rings. The fourth-order valence-corrected chi connectivity index (χ4v) is 12.6. The smallest absolute Gasteiger partial charge is 0.334 e. The van der Waals surface area contributed by atoms with E-state index in [4.69, 9.17) is 47.4 Å². The van der Waals surface area contributed by atoms with E-state index in [2.05, 4.69) is 81.7 Å². The molecule has 10 rings (SSSR count). The monoisotopic (exact) mass is 1580 g/mol. The van der Waals surface area contributed by atoms with E-state index in [1.165, 1.54) is 62.8 Å². The summed E-state index contributed by atoms with van der Waals surface area (Å²) < 4.78 is 59.5. The molecular formula is C100H124O16. The molecule has 2 saturated carbocycles. The fourth-order valence-electron chi connectivity index (χ4n) is 12.6. The van der Waals surface area contributed by atoms with Crippen molar-refractivity contribution in [2.75, 3.05) is 0 Å². The summed E-state index contributed by atoms with van der Waals surface area (Å²) in [6, 6.07) is 59.3. The second-order valence-electron chi connectivity index (χ2n) is 33.9. The molecule has 0 bridgehead atoms. The molecule has 2 aliphatic rings. The van der Waals surface area contributed by atoms with Crippen LogP contribution in [0.5, 0.6) is 46.0 Å². The zero-order valence-corrected chi connectivity index (χ0v) is 71.7. The predicted molar refractivity (Wildman–Crippen MR) is 461 cm³/mol. The maximum absolute atomic E-state index is 12.5. The molecule has 620 valence electrons. The first-order chi connectivity index (χ1) is 54.5. The Morgan fingerprint density at radius 1 is 0.310 bits per heavy atom. The van der Waals surface area contributed by atoms with Gasteiger partial charge in [0.2, 0.25) is 0 Å². The van der Waals surface area contributed by atoms with Crippen LogP contribution in [0.4, 0.5) is 0 Å². The van der Waals surface area contributed by atoms with Crippen LogP contribution < -0.4 is 28.4 Å². The van der Waals surface area contributed by atoms with Crippen molar-refractivity contribution in [1.82, 2.24) is 0 Å². The number of hydrogen-bond acceptors (Lipinski definition) is 16. The highest BCUT2D eigenvalue weighted by atomic mass is 16.6. The first-order valence-electron chi connectivity index (χ1n) is 40.3. The van der Waals surface area contributed by atoms with Gasteiger partial charge in [-0.3, -0.25) is 0 Å². The Hall–Kier alpha value is -11.0. The quantitative estimate of drug-likeness (QED) is 0.0266. The van der Waals surface area contributed by atoms with Gasteiger partial charge >= 0.3 is 23.9 Å². The zero-order valence-electron chi connectivity index (χ0n) is 71.7. The van der Waals surface area contributed by atoms with Crippen LogP contribution in [0.15, 0.2) is 243 Å². The molecule has 2 N–H and O–H groups in total. The van der Waals surface area contributed by atoms with E-state index in [1.807, 2.05) is 187 Å². The molecule has 0 aromatic heterocycles. The third kappa shape index (κ3) is 30.0. The molecule has 16 nitrogen and oxygen atoms in total. The molecule has 0 spiro atoms. The van der Waals surface area contributed by atoms with Crippen LogP contribution >= 0.6 is 0 Å². The molecule has 8 aromatic carbocycles. The number of benzene rings is 8. The lowest BCUT2D eigenvalue weighted by atomic mass is 9.86. The van der Waals surface area contributed by atoms with Crippen molar-refractivity contribution in [2.24, 2.45) is 0 Å². The summed E-state index contributed by atoms with van der Waals surface area (Å²) in [5.74, 6) is 3.31. The topological polar surface area (TPSA) is 201 Å². The number of aromatic hydroxyl groups is 2. The van der Waals surface area contributed by atoms with Gasteiger partial charge in [-0.15, -0.1) is 0 Å². The highest BCUT2D eigenvalue weighted by molar-refractivity contribution is 5.89. The standard InChI is InChI=1S/C31H40O4.C27H36O4.C25H32O4.C17H16O4/c1-23(2)29(32)33-28(24-11-15-26(16-12-24)34-30(3)19-7-5-8-20-30)25-13-17-27(18-14-25)35-31(4)21-9-6-10-22-31;1-9-26(5,6)30-22-15-11-20(12-16-22)24(29-25(28)19(3)4)21-13-17-23(18-14-21)31-27(7,8)10-2;1-17(2)23(26)27-22(18-9-13-20(14-10-18)28-24(3,4)5)19-11-15-21(16-12-19)29-25(6,7)8;1-11(2)17(20)21-16(12-3-7-14(18)8-4-12)13-5-9-15(19)10-6-13/h11-18,28H,1,5-10,19-22H2,2-4H3;11-18,24H,3,9-10H2,1-2,4-8H3;9-16,22H,1H2,2-8H3;3-10,16,18-19H,1H2,2H3. The SMILES string of the molecule is C=C(C)C(=O)OC(c1ccc(O)cc1)c1ccc(O)cc1.C=C(C)C(=O)OC(c1ccc(OC(C)(C)C)cc1)c1ccc(OC(C)(C)C)cc1.C=C(C)C(=O)OC(c1ccc(OC(C)(C)CC)cc1)c1ccc(OC(C)(C)CC)cc1.C=C(C)C(=O)OC(c1ccc(OC2(C)CCCCC2)cc1)c1ccc(OC2(C)CCCCC2)cc1. The van der Waals surface area contributed by atoms with Gasteiger partial charge in [0.25, 0.3) is 0 Å². The van der Waals surface area contributed by atoms with E-state index in [9.17, 15) is 29.4 Å². The Kier molecular flexibility index (Phi) is 33.0. The van der Waals surface area contributed by atoms with E-state index in [-0.39, 0.29) is 45.1 Å². The molecule has 0 atom stereocenters. The van der Waals surface area contributed by atoms with Gasteiger partial charge in [-0.25, -0.2) is 19.2 Å². The summed E-state index contributed by atoms with van der Waals surface area (Å²) in [6.45, 7) is 50.1. The number of hydrogen-bond donors (Lipinski definition) is 2. The predicted octanol–water partition coefficient (Wildman–Crippen LogP) is 24.7. The number of rotatable bonds is 28. The second-order valence-corrected chi connectivity index (χ2v) is 33.9. The zero-order chi connectivity index (χ0) is 85.3. The third-order valence-corrected chi connectivity index (χ3v) is 19.7. The average molecular weight is 1580 g/mol. The van der Waals surface area contributed by atoms with Crippen molar-refractivity contribution in [3.63, 3.8) is 0 Å². The number of carbonyl (C=O) groups is 4. The van der Waals surface area contributed by atoms with Gasteiger partial charge < -0.3 is 57.6 Å². The highest BCUT2D eigenvalue weighted by Gasteiger charge is 2.32. The summed E-state index contributed by atoms with van der Waals surface area (Å²) >= 11 is 0. The minimum atomic E-state index is -0.629. The van der Waals surface area contributed by atoms with Crippen LogP contribution in [0, 0.1) is 0 Å². The van der Waals surface area contributed by atoms with Crippen LogP contribution in [0.25, 0.3) is 0 Å². The molecule has 0 heterocycles. The van der Waals surface area contributed by atoms with Gasteiger partial charge in [-0.05, 0) is 317 Å². The first kappa shape index (κ1) is 92.2. The van der Waals surface area contributed by atoms with Crippen molar-refractivity contribution in [2.45, 2.75) is 260 Å². The molecule has 0 unspecified atom stereocenters. The molecule has 8 aromatic rings. The summed E-state index contributed by atoms with van der Waals surface area (Å²) in [7, 11) is 0. The normalized spacial score (nSPS) is 13.8. The minimum absolute atomic E-state index is 0.101. The van der Waals surface area contributed by atoms with Crippen LogP contribution in [0.3, 0.4) is 0 Å². The number of carbonyl (C=O) groups excluding carboxylic acids is 4. The van der Waals surface area contributed by atoms with E-state index in [1.54, 1.807) is 52.0 Å². The summed E-state index contributed by atoms with van der Waals surface area (Å²) in [4.78, 5) is 48.8. The van der Waals surface area contributed by atoms with Gasteiger partial charge in [0.1, 0.15) is 79.6 Å². The van der Waals surface area contributed by atoms with Crippen LogP contribution in [0.1, 0.15) is 271 Å². The molecule has 116 heavy (non-hydrogen) atoms. The average Bonchev–Trinajstić information content (AvgIpc) is 0.821. The number of esters is 4. The Labute approximate surface area is 689 Å². The van der Waals surface area contributed by atoms with Crippen LogP contribution in [0.2, 0.25) is 0 Å². The lowest BCUT2D eigenvalue weighted by Gasteiger charge is -2.34. The van der Waals surface area contributed by atoms with E-state index >= 15 is 0 Å². The van der Waals surface area contributed by atoms with Gasteiger partial charge in [-0.1, -0.05) is 150 Å². The number of ether oxygens (including phenoxy) is 10. The van der Waals surface area contributed by atoms with Crippen molar-refractivity contribution >= 4 is 23.9 Å². The van der Waals surface area contributed by atoms with Gasteiger partial charge in [0.15, 0.2) is 24.4 Å². The molecule has 16 heteroatoms. The largest absolute Gasteiger partial charge is 0.508 e. The van der Waals surface area contributed by atoms with Crippen molar-refractivity contribution in [1.29, 1.82) is 0 Å². The molecule has 2 aliphatic carbocycles. The Morgan fingerprint density at radius 3 is 0.672 bits per heavy atom. The Morgan fingerprint density at radius 2 is 0.491 bits per heavy atom. The summed E-state index contributed by atoms with van der Waals surface area (Å²) in [6.07, 6.45) is 11.3. The van der Waals surface area contributed by atoms with E-state index < -0.39 is 48.3 Å². The lowest BCUT2D eigenvalue weighted by molar-refractivity contribution is -0.143. The van der Waals surface area contributed by atoms with Crippen molar-refractivity contribution in [3.8, 4) is 46.0 Å². The maximum atomic E-state index is 12.5. The summed E-state index contributed by atoms with van der Waals surface area (Å²) in [5.41, 5.74) is 6.80. The molecule has 0 saturated heterocycles. The maximum Gasteiger partial charge on any atom is 0.334 e.